The molecule has 7 nitrogen and oxygen atoms in total. The lowest BCUT2D eigenvalue weighted by Crippen LogP contribution is -2.12. The minimum absolute atomic E-state index is 0.306. The molecular formula is C19H16FN5O2S. The van der Waals surface area contributed by atoms with E-state index in [1.165, 1.54) is 28.6 Å². The van der Waals surface area contributed by atoms with Crippen molar-refractivity contribution in [2.24, 2.45) is 0 Å². The van der Waals surface area contributed by atoms with Crippen LogP contribution in [0.4, 0.5) is 4.39 Å². The predicted octanol–water partition coefficient (Wildman–Crippen LogP) is 3.75. The van der Waals surface area contributed by atoms with Gasteiger partial charge in [0.25, 0.3) is 0 Å². The normalized spacial score (nSPS) is 10.9. The average molecular weight is 397 g/mol. The van der Waals surface area contributed by atoms with Crippen molar-refractivity contribution >= 4 is 11.8 Å². The first-order valence-electron chi connectivity index (χ1n) is 8.32. The molecule has 4 rings (SSSR count). The quantitative estimate of drug-likeness (QED) is 0.391. The molecule has 0 unspecified atom stereocenters. The number of rotatable bonds is 6. The first-order valence-corrected chi connectivity index (χ1v) is 9.31. The number of nitrogens with two attached hydrogens (primary N) is 1. The smallest absolute Gasteiger partial charge is 0.226 e. The Morgan fingerprint density at radius 2 is 1.93 bits per heavy atom. The molecule has 0 bridgehead atoms. The van der Waals surface area contributed by atoms with Gasteiger partial charge in [0.05, 0.1) is 18.4 Å². The molecule has 0 saturated carbocycles. The van der Waals surface area contributed by atoms with Crippen LogP contribution in [0.15, 0.2) is 64.4 Å². The standard InChI is InChI=1S/C19H16FN5O2S/c1-26-16-5-3-2-4-15(16)17-23-24-19(25(17)21)28-11-14-10-27-18(22-14)12-6-8-13(20)9-7-12/h2-10H,11,21H2,1H3. The molecule has 0 fully saturated rings. The van der Waals surface area contributed by atoms with Crippen molar-refractivity contribution in [1.82, 2.24) is 19.9 Å². The van der Waals surface area contributed by atoms with Crippen LogP contribution in [0.25, 0.3) is 22.8 Å². The number of hydrogen-bond donors (Lipinski definition) is 1. The molecule has 0 aliphatic carbocycles. The van der Waals surface area contributed by atoms with Crippen LogP contribution in [-0.2, 0) is 5.75 Å². The van der Waals surface area contributed by atoms with Gasteiger partial charge in [-0.2, -0.15) is 0 Å². The number of methoxy groups -OCH3 is 1. The number of nitrogens with zero attached hydrogens (tertiary/aromatic N) is 4. The number of benzene rings is 2. The Labute approximate surface area is 164 Å². The predicted molar refractivity (Wildman–Crippen MR) is 104 cm³/mol. The van der Waals surface area contributed by atoms with Crippen LogP contribution < -0.4 is 10.6 Å². The zero-order valence-corrected chi connectivity index (χ0v) is 15.7. The number of oxazole rings is 1. The largest absolute Gasteiger partial charge is 0.496 e. The van der Waals surface area contributed by atoms with Gasteiger partial charge in [0, 0.05) is 11.3 Å². The number of nitrogen functional groups attached to an aromatic ring is 1. The highest BCUT2D eigenvalue weighted by Gasteiger charge is 2.16. The number of thioether (sulfide) groups is 1. The molecule has 0 spiro atoms. The molecule has 2 heterocycles. The molecule has 0 radical (unpaired) electrons. The fraction of sp³-hybridized carbons (Fsp3) is 0.105. The minimum atomic E-state index is -0.306. The monoisotopic (exact) mass is 397 g/mol. The molecule has 2 aromatic heterocycles. The summed E-state index contributed by atoms with van der Waals surface area (Å²) in [5.41, 5.74) is 2.18. The van der Waals surface area contributed by atoms with E-state index in [0.717, 1.165) is 5.56 Å². The van der Waals surface area contributed by atoms with E-state index in [-0.39, 0.29) is 5.82 Å². The van der Waals surface area contributed by atoms with Gasteiger partial charge >= 0.3 is 0 Å². The van der Waals surface area contributed by atoms with Crippen LogP contribution in [0, 0.1) is 5.82 Å². The molecule has 0 atom stereocenters. The summed E-state index contributed by atoms with van der Waals surface area (Å²) in [6, 6.07) is 13.4. The Morgan fingerprint density at radius 3 is 2.71 bits per heavy atom. The van der Waals surface area contributed by atoms with Gasteiger partial charge in [-0.1, -0.05) is 23.9 Å². The Kier molecular flexibility index (Phi) is 4.98. The summed E-state index contributed by atoms with van der Waals surface area (Å²) in [5.74, 6) is 7.96. The van der Waals surface area contributed by atoms with E-state index in [1.54, 1.807) is 25.5 Å². The number of para-hydroxylation sites is 1. The lowest BCUT2D eigenvalue weighted by molar-refractivity contribution is 0.416. The van der Waals surface area contributed by atoms with Crippen LogP contribution in [-0.4, -0.2) is 27.0 Å². The van der Waals surface area contributed by atoms with Gasteiger partial charge in [-0.25, -0.2) is 14.1 Å². The van der Waals surface area contributed by atoms with Gasteiger partial charge in [-0.05, 0) is 36.4 Å². The molecule has 0 aliphatic heterocycles. The van der Waals surface area contributed by atoms with E-state index < -0.39 is 0 Å². The Hall–Kier alpha value is -3.33. The second-order valence-electron chi connectivity index (χ2n) is 5.82. The van der Waals surface area contributed by atoms with Gasteiger partial charge in [0.15, 0.2) is 5.82 Å². The van der Waals surface area contributed by atoms with Crippen molar-refractivity contribution in [2.45, 2.75) is 10.9 Å². The summed E-state index contributed by atoms with van der Waals surface area (Å²) in [5, 5.41) is 8.86. The Bertz CT molecular complexity index is 1090. The lowest BCUT2D eigenvalue weighted by Gasteiger charge is -2.07. The molecule has 2 N–H and O–H groups in total. The second-order valence-corrected chi connectivity index (χ2v) is 6.76. The summed E-state index contributed by atoms with van der Waals surface area (Å²) in [7, 11) is 1.59. The van der Waals surface area contributed by atoms with Crippen molar-refractivity contribution in [3.05, 3.63) is 66.3 Å². The Morgan fingerprint density at radius 1 is 1.14 bits per heavy atom. The SMILES string of the molecule is COc1ccccc1-c1nnc(SCc2coc(-c3ccc(F)cc3)n2)n1N. The molecule has 0 aliphatic rings. The summed E-state index contributed by atoms with van der Waals surface area (Å²) >= 11 is 1.38. The van der Waals surface area contributed by atoms with Crippen molar-refractivity contribution in [3.63, 3.8) is 0 Å². The van der Waals surface area contributed by atoms with Crippen molar-refractivity contribution in [1.29, 1.82) is 0 Å². The molecule has 142 valence electrons. The zero-order chi connectivity index (χ0) is 19.5. The Balaban J connectivity index is 1.49. The molecule has 9 heteroatoms. The summed E-state index contributed by atoms with van der Waals surface area (Å²) < 4.78 is 25.3. The molecular weight excluding hydrogens is 381 g/mol. The minimum Gasteiger partial charge on any atom is -0.496 e. The summed E-state index contributed by atoms with van der Waals surface area (Å²) in [6.07, 6.45) is 1.56. The fourth-order valence-electron chi connectivity index (χ4n) is 2.63. The lowest BCUT2D eigenvalue weighted by atomic mass is 10.2. The molecule has 0 amide bonds. The van der Waals surface area contributed by atoms with E-state index in [9.17, 15) is 4.39 Å². The fourth-order valence-corrected chi connectivity index (χ4v) is 3.36. The van der Waals surface area contributed by atoms with Crippen molar-refractivity contribution in [2.75, 3.05) is 13.0 Å². The van der Waals surface area contributed by atoms with Crippen molar-refractivity contribution < 1.29 is 13.5 Å². The zero-order valence-electron chi connectivity index (χ0n) is 14.9. The van der Waals surface area contributed by atoms with Crippen LogP contribution in [0.5, 0.6) is 5.75 Å². The third-order valence-electron chi connectivity index (χ3n) is 4.00. The highest BCUT2D eigenvalue weighted by Crippen LogP contribution is 2.30. The van der Waals surface area contributed by atoms with Crippen LogP contribution in [0.3, 0.4) is 0 Å². The number of aromatic nitrogens is 4. The second kappa shape index (κ2) is 7.73. The highest BCUT2D eigenvalue weighted by molar-refractivity contribution is 7.98. The van der Waals surface area contributed by atoms with Crippen LogP contribution in [0.2, 0.25) is 0 Å². The first kappa shape index (κ1) is 18.1. The van der Waals surface area contributed by atoms with E-state index in [2.05, 4.69) is 15.2 Å². The molecule has 28 heavy (non-hydrogen) atoms. The van der Waals surface area contributed by atoms with Gasteiger partial charge in [-0.3, -0.25) is 0 Å². The maximum Gasteiger partial charge on any atom is 0.226 e. The number of hydrogen-bond acceptors (Lipinski definition) is 7. The third-order valence-corrected chi connectivity index (χ3v) is 4.98. The first-order chi connectivity index (χ1) is 13.7. The highest BCUT2D eigenvalue weighted by atomic mass is 32.2. The molecule has 2 aromatic carbocycles. The number of ether oxygens (including phenoxy) is 1. The maximum atomic E-state index is 13.0. The van der Waals surface area contributed by atoms with Gasteiger partial charge in [-0.15, -0.1) is 10.2 Å². The molecule has 4 aromatic rings. The molecule has 0 saturated heterocycles. The van der Waals surface area contributed by atoms with Gasteiger partial charge in [0.2, 0.25) is 11.0 Å². The average Bonchev–Trinajstić information content (AvgIpc) is 3.34. The third kappa shape index (κ3) is 3.56. The van der Waals surface area contributed by atoms with E-state index in [0.29, 0.717) is 39.6 Å². The topological polar surface area (TPSA) is 92.0 Å². The number of halogens is 1. The van der Waals surface area contributed by atoms with E-state index >= 15 is 0 Å². The van der Waals surface area contributed by atoms with E-state index in [4.69, 9.17) is 15.0 Å². The summed E-state index contributed by atoms with van der Waals surface area (Å²) in [4.78, 5) is 4.42. The van der Waals surface area contributed by atoms with Crippen LogP contribution in [0.1, 0.15) is 5.69 Å². The van der Waals surface area contributed by atoms with E-state index in [1.807, 2.05) is 24.3 Å². The maximum absolute atomic E-state index is 13.0. The van der Waals surface area contributed by atoms with Gasteiger partial charge < -0.3 is 15.0 Å². The van der Waals surface area contributed by atoms with Crippen LogP contribution >= 0.6 is 11.8 Å². The summed E-state index contributed by atoms with van der Waals surface area (Å²) in [6.45, 7) is 0. The van der Waals surface area contributed by atoms with Gasteiger partial charge in [0.1, 0.15) is 17.8 Å². The van der Waals surface area contributed by atoms with Crippen molar-refractivity contribution in [3.8, 4) is 28.6 Å².